The smallest absolute Gasteiger partial charge is 0.161 e. The molecule has 0 aliphatic carbocycles. The lowest BCUT2D eigenvalue weighted by Gasteiger charge is -2.10. The van der Waals surface area contributed by atoms with Crippen LogP contribution in [-0.4, -0.2) is 34.2 Å². The minimum Gasteiger partial charge on any atom is -0.493 e. The second-order valence-corrected chi connectivity index (χ2v) is 5.13. The van der Waals surface area contributed by atoms with E-state index < -0.39 is 0 Å². The summed E-state index contributed by atoms with van der Waals surface area (Å²) in [5.41, 5.74) is 4.97. The number of hydrazone groups is 1. The molecule has 0 unspecified atom stereocenters. The van der Waals surface area contributed by atoms with E-state index in [0.29, 0.717) is 30.4 Å². The first kappa shape index (κ1) is 18.4. The maximum atomic E-state index is 5.50. The Labute approximate surface area is 148 Å². The largest absolute Gasteiger partial charge is 0.493 e. The topological polar surface area (TPSA) is 61.3 Å². The number of ether oxygens (including phenoxy) is 4. The quantitative estimate of drug-likeness (QED) is 0.559. The van der Waals surface area contributed by atoms with E-state index in [-0.39, 0.29) is 0 Å². The van der Waals surface area contributed by atoms with E-state index in [9.17, 15) is 0 Å². The van der Waals surface area contributed by atoms with Crippen LogP contribution in [0.15, 0.2) is 41.5 Å². The molecular weight excluding hydrogens is 320 g/mol. The highest BCUT2D eigenvalue weighted by atomic mass is 16.5. The van der Waals surface area contributed by atoms with Crippen molar-refractivity contribution in [2.45, 2.75) is 13.5 Å². The van der Waals surface area contributed by atoms with Crippen molar-refractivity contribution in [3.63, 3.8) is 0 Å². The van der Waals surface area contributed by atoms with E-state index in [0.717, 1.165) is 16.9 Å². The molecule has 0 spiro atoms. The fourth-order valence-electron chi connectivity index (χ4n) is 2.29. The zero-order valence-electron chi connectivity index (χ0n) is 15.0. The Morgan fingerprint density at radius 2 is 1.56 bits per heavy atom. The fourth-order valence-corrected chi connectivity index (χ4v) is 2.29. The van der Waals surface area contributed by atoms with Crippen LogP contribution >= 0.6 is 0 Å². The molecule has 0 fully saturated rings. The molecule has 134 valence electrons. The van der Waals surface area contributed by atoms with Crippen molar-refractivity contribution in [2.24, 2.45) is 5.10 Å². The summed E-state index contributed by atoms with van der Waals surface area (Å²) >= 11 is 0. The molecule has 6 heteroatoms. The van der Waals surface area contributed by atoms with Gasteiger partial charge in [0.05, 0.1) is 40.7 Å². The summed E-state index contributed by atoms with van der Waals surface area (Å²) in [5.74, 6) is 2.81. The number of benzene rings is 2. The van der Waals surface area contributed by atoms with E-state index in [1.807, 2.05) is 43.3 Å². The van der Waals surface area contributed by atoms with Gasteiger partial charge >= 0.3 is 0 Å². The van der Waals surface area contributed by atoms with Crippen molar-refractivity contribution in [3.05, 3.63) is 47.5 Å². The third-order valence-electron chi connectivity index (χ3n) is 3.52. The standard InChI is InChI=1S/C19H24N2O4/c1-5-25-17-9-7-15(11-19(17)24-4)13-21-20-12-14-6-8-16(22-2)18(10-14)23-3/h6-11,13,20H,5,12H2,1-4H3/b21-13-. The molecule has 0 amide bonds. The van der Waals surface area contributed by atoms with E-state index >= 15 is 0 Å². The molecule has 0 bridgehead atoms. The van der Waals surface area contributed by atoms with Crippen molar-refractivity contribution in [3.8, 4) is 23.0 Å². The predicted octanol–water partition coefficient (Wildman–Crippen LogP) is 3.23. The first-order chi connectivity index (χ1) is 12.2. The van der Waals surface area contributed by atoms with Crippen molar-refractivity contribution in [2.75, 3.05) is 27.9 Å². The van der Waals surface area contributed by atoms with Crippen LogP contribution in [0.25, 0.3) is 0 Å². The number of rotatable bonds is 9. The molecule has 6 nitrogen and oxygen atoms in total. The Kier molecular flexibility index (Phi) is 6.95. The summed E-state index contributed by atoms with van der Waals surface area (Å²) in [6.07, 6.45) is 1.74. The maximum Gasteiger partial charge on any atom is 0.161 e. The van der Waals surface area contributed by atoms with Gasteiger partial charge in [0, 0.05) is 0 Å². The zero-order chi connectivity index (χ0) is 18.1. The average Bonchev–Trinajstić information content (AvgIpc) is 2.66. The number of nitrogens with one attached hydrogen (secondary N) is 1. The summed E-state index contributed by atoms with van der Waals surface area (Å²) in [5, 5.41) is 4.24. The van der Waals surface area contributed by atoms with E-state index in [4.69, 9.17) is 18.9 Å². The molecule has 25 heavy (non-hydrogen) atoms. The highest BCUT2D eigenvalue weighted by molar-refractivity contribution is 5.80. The van der Waals surface area contributed by atoms with Gasteiger partial charge in [-0.05, 0) is 48.4 Å². The normalized spacial score (nSPS) is 10.6. The van der Waals surface area contributed by atoms with Crippen LogP contribution in [0.2, 0.25) is 0 Å². The lowest BCUT2D eigenvalue weighted by atomic mass is 10.2. The highest BCUT2D eigenvalue weighted by Gasteiger charge is 2.05. The van der Waals surface area contributed by atoms with Gasteiger partial charge in [-0.3, -0.25) is 0 Å². The molecule has 0 aliphatic heterocycles. The Hall–Kier alpha value is -2.89. The summed E-state index contributed by atoms with van der Waals surface area (Å²) in [7, 11) is 4.85. The lowest BCUT2D eigenvalue weighted by molar-refractivity contribution is 0.311. The van der Waals surface area contributed by atoms with Crippen LogP contribution in [0.1, 0.15) is 18.1 Å². The van der Waals surface area contributed by atoms with Gasteiger partial charge in [-0.2, -0.15) is 5.10 Å². The SMILES string of the molecule is CCOc1ccc(/C=N\NCc2ccc(OC)c(OC)c2)cc1OC. The van der Waals surface area contributed by atoms with Crippen molar-refractivity contribution in [1.82, 2.24) is 5.43 Å². The number of nitrogens with zero attached hydrogens (tertiary/aromatic N) is 1. The molecular formula is C19H24N2O4. The van der Waals surface area contributed by atoms with Crippen LogP contribution in [-0.2, 0) is 6.54 Å². The van der Waals surface area contributed by atoms with Gasteiger partial charge in [0.25, 0.3) is 0 Å². The zero-order valence-corrected chi connectivity index (χ0v) is 15.0. The molecule has 0 radical (unpaired) electrons. The van der Waals surface area contributed by atoms with Crippen molar-refractivity contribution >= 4 is 6.21 Å². The van der Waals surface area contributed by atoms with Gasteiger partial charge < -0.3 is 24.4 Å². The van der Waals surface area contributed by atoms with Crippen molar-refractivity contribution < 1.29 is 18.9 Å². The Bertz CT molecular complexity index is 717. The van der Waals surface area contributed by atoms with Crippen LogP contribution in [0, 0.1) is 0 Å². The number of hydrogen-bond acceptors (Lipinski definition) is 6. The molecule has 0 aliphatic rings. The predicted molar refractivity (Wildman–Crippen MR) is 98.1 cm³/mol. The lowest BCUT2D eigenvalue weighted by Crippen LogP contribution is -2.06. The second kappa shape index (κ2) is 9.42. The minimum atomic E-state index is 0.574. The monoisotopic (exact) mass is 344 g/mol. The van der Waals surface area contributed by atoms with E-state index in [1.165, 1.54) is 0 Å². The van der Waals surface area contributed by atoms with E-state index in [2.05, 4.69) is 10.5 Å². The summed E-state index contributed by atoms with van der Waals surface area (Å²) in [6.45, 7) is 3.11. The molecule has 0 atom stereocenters. The summed E-state index contributed by atoms with van der Waals surface area (Å²) in [6, 6.07) is 11.4. The molecule has 2 aromatic carbocycles. The van der Waals surface area contributed by atoms with Crippen LogP contribution in [0.4, 0.5) is 0 Å². The second-order valence-electron chi connectivity index (χ2n) is 5.13. The molecule has 0 saturated carbocycles. The highest BCUT2D eigenvalue weighted by Crippen LogP contribution is 2.28. The van der Waals surface area contributed by atoms with Crippen LogP contribution in [0.3, 0.4) is 0 Å². The summed E-state index contributed by atoms with van der Waals surface area (Å²) < 4.78 is 21.3. The number of methoxy groups -OCH3 is 3. The van der Waals surface area contributed by atoms with E-state index in [1.54, 1.807) is 27.5 Å². The fraction of sp³-hybridized carbons (Fsp3) is 0.316. The van der Waals surface area contributed by atoms with Gasteiger partial charge in [0.15, 0.2) is 23.0 Å². The molecule has 0 saturated heterocycles. The Morgan fingerprint density at radius 3 is 2.24 bits per heavy atom. The Balaban J connectivity index is 1.97. The Morgan fingerprint density at radius 1 is 0.880 bits per heavy atom. The first-order valence-corrected chi connectivity index (χ1v) is 7.99. The van der Waals surface area contributed by atoms with Crippen molar-refractivity contribution in [1.29, 1.82) is 0 Å². The molecule has 1 N–H and O–H groups in total. The number of hydrogen-bond donors (Lipinski definition) is 1. The maximum absolute atomic E-state index is 5.50. The molecule has 0 heterocycles. The van der Waals surface area contributed by atoms with Gasteiger partial charge in [-0.25, -0.2) is 0 Å². The molecule has 2 rings (SSSR count). The third kappa shape index (κ3) is 5.04. The van der Waals surface area contributed by atoms with Crippen LogP contribution in [0.5, 0.6) is 23.0 Å². The minimum absolute atomic E-state index is 0.574. The average molecular weight is 344 g/mol. The molecule has 2 aromatic rings. The van der Waals surface area contributed by atoms with Crippen LogP contribution < -0.4 is 24.4 Å². The summed E-state index contributed by atoms with van der Waals surface area (Å²) in [4.78, 5) is 0. The third-order valence-corrected chi connectivity index (χ3v) is 3.52. The molecule has 0 aromatic heterocycles. The van der Waals surface area contributed by atoms with Gasteiger partial charge in [-0.15, -0.1) is 0 Å². The van der Waals surface area contributed by atoms with Gasteiger partial charge in [0.1, 0.15) is 0 Å². The van der Waals surface area contributed by atoms with Gasteiger partial charge in [0.2, 0.25) is 0 Å². The van der Waals surface area contributed by atoms with Gasteiger partial charge in [-0.1, -0.05) is 6.07 Å². The first-order valence-electron chi connectivity index (χ1n) is 7.99.